The summed E-state index contributed by atoms with van der Waals surface area (Å²) in [4.78, 5) is 26.2. The zero-order valence-corrected chi connectivity index (χ0v) is 15.6. The lowest BCUT2D eigenvalue weighted by Gasteiger charge is -2.26. The zero-order chi connectivity index (χ0) is 19.0. The van der Waals surface area contributed by atoms with Crippen molar-refractivity contribution in [3.05, 3.63) is 69.9 Å². The van der Waals surface area contributed by atoms with Gasteiger partial charge in [-0.2, -0.15) is 5.10 Å². The molecule has 0 radical (unpaired) electrons. The van der Waals surface area contributed by atoms with Crippen LogP contribution in [0.2, 0.25) is 0 Å². The molecule has 7 heteroatoms. The van der Waals surface area contributed by atoms with Gasteiger partial charge in [-0.15, -0.1) is 11.8 Å². The highest BCUT2D eigenvalue weighted by Crippen LogP contribution is 2.36. The fraction of sp³-hybridized carbons (Fsp3) is 0.250. The number of aromatic nitrogens is 2. The van der Waals surface area contributed by atoms with Crippen molar-refractivity contribution >= 4 is 28.4 Å². The highest BCUT2D eigenvalue weighted by atomic mass is 32.2. The fourth-order valence-electron chi connectivity index (χ4n) is 3.40. The molecule has 0 saturated heterocycles. The van der Waals surface area contributed by atoms with Crippen LogP contribution in [0.3, 0.4) is 0 Å². The molecule has 1 unspecified atom stereocenters. The van der Waals surface area contributed by atoms with E-state index in [0.29, 0.717) is 17.5 Å². The van der Waals surface area contributed by atoms with E-state index in [1.165, 1.54) is 16.8 Å². The molecular weight excluding hydrogens is 365 g/mol. The van der Waals surface area contributed by atoms with Crippen LogP contribution >= 0.6 is 11.8 Å². The van der Waals surface area contributed by atoms with E-state index in [9.17, 15) is 14.0 Å². The number of fused-ring (bicyclic) bond motifs is 2. The Bertz CT molecular complexity index is 1100. The number of amides is 1. The van der Waals surface area contributed by atoms with E-state index in [0.717, 1.165) is 21.6 Å². The van der Waals surface area contributed by atoms with Crippen molar-refractivity contribution < 1.29 is 9.18 Å². The van der Waals surface area contributed by atoms with Gasteiger partial charge in [-0.1, -0.05) is 18.2 Å². The van der Waals surface area contributed by atoms with Crippen LogP contribution in [-0.4, -0.2) is 21.4 Å². The smallest absolute Gasteiger partial charge is 0.275 e. The maximum atomic E-state index is 13.6. The minimum Gasteiger partial charge on any atom is -0.348 e. The Morgan fingerprint density at radius 3 is 2.89 bits per heavy atom. The van der Waals surface area contributed by atoms with Crippen molar-refractivity contribution in [2.24, 2.45) is 0 Å². The summed E-state index contributed by atoms with van der Waals surface area (Å²) in [6.07, 6.45) is 0.714. The second-order valence-electron chi connectivity index (χ2n) is 6.53. The number of thioether (sulfide) groups is 1. The van der Waals surface area contributed by atoms with Gasteiger partial charge in [-0.3, -0.25) is 9.59 Å². The third kappa shape index (κ3) is 3.47. The number of carbonyl (C=O) groups is 1. The van der Waals surface area contributed by atoms with Crippen molar-refractivity contribution in [3.8, 4) is 0 Å². The highest BCUT2D eigenvalue weighted by molar-refractivity contribution is 7.99. The molecule has 1 N–H and O–H groups in total. The van der Waals surface area contributed by atoms with Crippen LogP contribution in [0.1, 0.15) is 23.7 Å². The zero-order valence-electron chi connectivity index (χ0n) is 14.7. The summed E-state index contributed by atoms with van der Waals surface area (Å²) in [6, 6.07) is 11.6. The minimum atomic E-state index is -0.321. The summed E-state index contributed by atoms with van der Waals surface area (Å²) in [5.74, 6) is 0.210. The number of benzene rings is 2. The molecule has 1 atom stereocenters. The molecule has 0 spiro atoms. The molecule has 27 heavy (non-hydrogen) atoms. The molecule has 0 fully saturated rings. The molecule has 5 nitrogen and oxygen atoms in total. The molecule has 3 aromatic rings. The van der Waals surface area contributed by atoms with Gasteiger partial charge in [0.15, 0.2) is 0 Å². The van der Waals surface area contributed by atoms with E-state index in [-0.39, 0.29) is 29.9 Å². The number of halogens is 1. The molecule has 4 rings (SSSR count). The lowest BCUT2D eigenvalue weighted by atomic mass is 10.0. The molecule has 2 aromatic carbocycles. The first kappa shape index (κ1) is 17.7. The topological polar surface area (TPSA) is 64.0 Å². The first-order chi connectivity index (χ1) is 13.0. The lowest BCUT2D eigenvalue weighted by molar-refractivity contribution is -0.122. The number of rotatable bonds is 3. The van der Waals surface area contributed by atoms with Gasteiger partial charge in [0, 0.05) is 16.0 Å². The van der Waals surface area contributed by atoms with Crippen molar-refractivity contribution in [2.75, 3.05) is 5.75 Å². The van der Waals surface area contributed by atoms with Crippen LogP contribution in [0.5, 0.6) is 0 Å². The van der Waals surface area contributed by atoms with E-state index < -0.39 is 0 Å². The monoisotopic (exact) mass is 383 g/mol. The first-order valence-electron chi connectivity index (χ1n) is 8.71. The number of hydrogen-bond donors (Lipinski definition) is 1. The molecular formula is C20H18FN3O2S. The number of nitrogens with one attached hydrogen (secondary N) is 1. The largest absolute Gasteiger partial charge is 0.348 e. The average Bonchev–Trinajstić information content (AvgIpc) is 2.66. The van der Waals surface area contributed by atoms with Gasteiger partial charge in [0.05, 0.1) is 17.1 Å². The van der Waals surface area contributed by atoms with Crippen molar-refractivity contribution in [3.63, 3.8) is 0 Å². The van der Waals surface area contributed by atoms with Crippen LogP contribution in [0, 0.1) is 12.7 Å². The van der Waals surface area contributed by atoms with Crippen LogP contribution in [0.25, 0.3) is 10.8 Å². The second-order valence-corrected chi connectivity index (χ2v) is 7.67. The molecule has 1 aromatic heterocycles. The maximum Gasteiger partial charge on any atom is 0.275 e. The molecule has 0 bridgehead atoms. The van der Waals surface area contributed by atoms with Crippen LogP contribution in [0.15, 0.2) is 52.2 Å². The van der Waals surface area contributed by atoms with E-state index in [2.05, 4.69) is 10.4 Å². The molecule has 2 heterocycles. The Morgan fingerprint density at radius 1 is 1.30 bits per heavy atom. The fourth-order valence-corrected chi connectivity index (χ4v) is 4.51. The standard InChI is InChI=1S/C20H18FN3O2S/c1-12-14-4-2-3-5-15(14)20(26)24(23-12)11-19(25)22-17-8-9-27-18-7-6-13(21)10-16(17)18/h2-7,10,17H,8-9,11H2,1H3,(H,22,25). The number of aryl methyl sites for hydroxylation is 1. The third-order valence-electron chi connectivity index (χ3n) is 4.69. The predicted octanol–water partition coefficient (Wildman–Crippen LogP) is 3.20. The summed E-state index contributed by atoms with van der Waals surface area (Å²) >= 11 is 1.65. The van der Waals surface area contributed by atoms with E-state index >= 15 is 0 Å². The van der Waals surface area contributed by atoms with Gasteiger partial charge in [-0.05, 0) is 43.2 Å². The molecule has 0 saturated carbocycles. The Labute approximate surface area is 159 Å². The SMILES string of the molecule is Cc1nn(CC(=O)NC2CCSc3ccc(F)cc32)c(=O)c2ccccc12. The van der Waals surface area contributed by atoms with E-state index in [1.807, 2.05) is 19.1 Å². The number of hydrogen-bond acceptors (Lipinski definition) is 4. The Kier molecular flexibility index (Phi) is 4.70. The molecule has 1 amide bonds. The molecule has 1 aliphatic heterocycles. The van der Waals surface area contributed by atoms with Crippen molar-refractivity contribution in [1.82, 2.24) is 15.1 Å². The van der Waals surface area contributed by atoms with Crippen LogP contribution < -0.4 is 10.9 Å². The Morgan fingerprint density at radius 2 is 2.07 bits per heavy atom. The quantitative estimate of drug-likeness (QED) is 0.754. The minimum absolute atomic E-state index is 0.168. The van der Waals surface area contributed by atoms with E-state index in [4.69, 9.17) is 0 Å². The lowest BCUT2D eigenvalue weighted by Crippen LogP contribution is -2.37. The van der Waals surface area contributed by atoms with Crippen LogP contribution in [-0.2, 0) is 11.3 Å². The summed E-state index contributed by atoms with van der Waals surface area (Å²) in [7, 11) is 0. The highest BCUT2D eigenvalue weighted by Gasteiger charge is 2.23. The summed E-state index contributed by atoms with van der Waals surface area (Å²) in [5, 5.41) is 8.52. The van der Waals surface area contributed by atoms with Crippen LogP contribution in [0.4, 0.5) is 4.39 Å². The number of carbonyl (C=O) groups excluding carboxylic acids is 1. The third-order valence-corrected chi connectivity index (χ3v) is 5.81. The Balaban J connectivity index is 1.58. The normalized spacial score (nSPS) is 16.1. The van der Waals surface area contributed by atoms with Crippen molar-refractivity contribution in [2.45, 2.75) is 30.8 Å². The summed E-state index contributed by atoms with van der Waals surface area (Å²) < 4.78 is 14.8. The first-order valence-corrected chi connectivity index (χ1v) is 9.69. The summed E-state index contributed by atoms with van der Waals surface area (Å²) in [6.45, 7) is 1.65. The maximum absolute atomic E-state index is 13.6. The Hall–Kier alpha value is -2.67. The summed E-state index contributed by atoms with van der Waals surface area (Å²) in [5.41, 5.74) is 1.19. The molecule has 1 aliphatic rings. The van der Waals surface area contributed by atoms with E-state index in [1.54, 1.807) is 30.0 Å². The molecule has 0 aliphatic carbocycles. The van der Waals surface area contributed by atoms with Gasteiger partial charge in [0.2, 0.25) is 5.91 Å². The van der Waals surface area contributed by atoms with Crippen molar-refractivity contribution in [1.29, 1.82) is 0 Å². The predicted molar refractivity (Wildman–Crippen MR) is 103 cm³/mol. The van der Waals surface area contributed by atoms with Gasteiger partial charge in [0.25, 0.3) is 5.56 Å². The number of nitrogens with zero attached hydrogens (tertiary/aromatic N) is 2. The van der Waals surface area contributed by atoms with Gasteiger partial charge in [0.1, 0.15) is 12.4 Å². The van der Waals surface area contributed by atoms with Gasteiger partial charge >= 0.3 is 0 Å². The van der Waals surface area contributed by atoms with Gasteiger partial charge in [-0.25, -0.2) is 9.07 Å². The second kappa shape index (κ2) is 7.15. The van der Waals surface area contributed by atoms with Gasteiger partial charge < -0.3 is 5.32 Å². The average molecular weight is 383 g/mol. The molecule has 138 valence electrons.